The number of rotatable bonds is 7. The minimum Gasteiger partial charge on any atom is -0.480 e. The van der Waals surface area contributed by atoms with Crippen LogP contribution in [0.5, 0.6) is 0 Å². The lowest BCUT2D eigenvalue weighted by atomic mass is 10.2. The van der Waals surface area contributed by atoms with Crippen LogP contribution in [0.25, 0.3) is 0 Å². The van der Waals surface area contributed by atoms with Gasteiger partial charge in [-0.05, 0) is 44.2 Å². The van der Waals surface area contributed by atoms with E-state index in [0.29, 0.717) is 5.69 Å². The number of carboxylic acids is 1. The summed E-state index contributed by atoms with van der Waals surface area (Å²) in [6.07, 6.45) is 0. The average Bonchev–Trinajstić information content (AvgIpc) is 2.65. The molecular weight excluding hydrogens is 368 g/mol. The van der Waals surface area contributed by atoms with Gasteiger partial charge in [-0.2, -0.15) is 0 Å². The average molecular weight is 390 g/mol. The highest BCUT2D eigenvalue weighted by atomic mass is 32.2. The molecule has 2 aromatic carbocycles. The maximum atomic E-state index is 12.9. The molecular formula is C19H22N2O5S. The number of aliphatic carboxylic acids is 1. The molecule has 0 saturated carbocycles. The van der Waals surface area contributed by atoms with E-state index in [9.17, 15) is 18.0 Å². The molecule has 0 fully saturated rings. The largest absolute Gasteiger partial charge is 0.480 e. The van der Waals surface area contributed by atoms with Gasteiger partial charge in [0.15, 0.2) is 0 Å². The number of hydrogen-bond acceptors (Lipinski definition) is 4. The number of carboxylic acid groups (broad SMARTS) is 1. The van der Waals surface area contributed by atoms with Crippen molar-refractivity contribution in [3.05, 3.63) is 59.7 Å². The summed E-state index contributed by atoms with van der Waals surface area (Å²) in [5.74, 6) is -1.66. The van der Waals surface area contributed by atoms with Gasteiger partial charge in [0.2, 0.25) is 0 Å². The zero-order valence-corrected chi connectivity index (χ0v) is 16.2. The molecule has 7 nitrogen and oxygen atoms in total. The Labute approximate surface area is 158 Å². The predicted molar refractivity (Wildman–Crippen MR) is 102 cm³/mol. The summed E-state index contributed by atoms with van der Waals surface area (Å²) in [6.45, 7) is 3.32. The van der Waals surface area contributed by atoms with E-state index in [1.165, 1.54) is 31.3 Å². The Bertz CT molecular complexity index is 939. The monoisotopic (exact) mass is 390 g/mol. The van der Waals surface area contributed by atoms with Crippen LogP contribution in [0.1, 0.15) is 22.8 Å². The Kier molecular flexibility index (Phi) is 6.22. The van der Waals surface area contributed by atoms with Crippen LogP contribution in [0, 0.1) is 6.92 Å². The van der Waals surface area contributed by atoms with Gasteiger partial charge in [0.25, 0.3) is 15.9 Å². The summed E-state index contributed by atoms with van der Waals surface area (Å²) in [6, 6.07) is 12.6. The highest BCUT2D eigenvalue weighted by Crippen LogP contribution is 2.23. The van der Waals surface area contributed by atoms with E-state index >= 15 is 0 Å². The van der Waals surface area contributed by atoms with Crippen molar-refractivity contribution in [3.63, 3.8) is 0 Å². The molecule has 0 atom stereocenters. The zero-order chi connectivity index (χ0) is 20.2. The van der Waals surface area contributed by atoms with Gasteiger partial charge >= 0.3 is 5.97 Å². The van der Waals surface area contributed by atoms with E-state index in [2.05, 4.69) is 0 Å². The summed E-state index contributed by atoms with van der Waals surface area (Å²) in [4.78, 5) is 24.5. The van der Waals surface area contributed by atoms with Crippen molar-refractivity contribution < 1.29 is 23.1 Å². The number of carbonyl (C=O) groups is 2. The molecule has 1 amide bonds. The van der Waals surface area contributed by atoms with Crippen LogP contribution < -0.4 is 4.31 Å². The summed E-state index contributed by atoms with van der Waals surface area (Å²) < 4.78 is 27.0. The summed E-state index contributed by atoms with van der Waals surface area (Å²) in [5, 5.41) is 8.92. The number of likely N-dealkylation sites (N-methyl/N-ethyl adjacent to an activating group) is 1. The van der Waals surface area contributed by atoms with Gasteiger partial charge < -0.3 is 10.0 Å². The van der Waals surface area contributed by atoms with Crippen molar-refractivity contribution in [3.8, 4) is 0 Å². The minimum absolute atomic E-state index is 0.0391. The number of anilines is 1. The third-order valence-electron chi connectivity index (χ3n) is 4.13. The van der Waals surface area contributed by atoms with Crippen LogP contribution in [-0.4, -0.2) is 50.4 Å². The first-order valence-corrected chi connectivity index (χ1v) is 9.77. The summed E-state index contributed by atoms with van der Waals surface area (Å²) in [5.41, 5.74) is 1.63. The Hall–Kier alpha value is -2.87. The highest BCUT2D eigenvalue weighted by Gasteiger charge is 2.24. The number of aryl methyl sites for hydroxylation is 1. The van der Waals surface area contributed by atoms with E-state index in [0.717, 1.165) is 14.8 Å². The zero-order valence-electron chi connectivity index (χ0n) is 15.4. The fourth-order valence-electron chi connectivity index (χ4n) is 2.51. The second kappa shape index (κ2) is 8.22. The fraction of sp³-hybridized carbons (Fsp3) is 0.263. The molecule has 0 unspecified atom stereocenters. The van der Waals surface area contributed by atoms with Crippen LogP contribution in [0.4, 0.5) is 5.69 Å². The standard InChI is InChI=1S/C19H22N2O5S/c1-4-21(13-18(22)23)19(24)15-6-5-7-17(12-15)27(25,26)20(3)16-10-8-14(2)9-11-16/h5-12H,4,13H2,1-3H3,(H,22,23). The predicted octanol–water partition coefficient (Wildman–Crippen LogP) is 2.37. The van der Waals surface area contributed by atoms with E-state index in [-0.39, 0.29) is 17.0 Å². The molecule has 2 rings (SSSR count). The molecule has 2 aromatic rings. The number of amides is 1. The molecule has 0 aliphatic heterocycles. The molecule has 0 spiro atoms. The molecule has 0 saturated heterocycles. The lowest BCUT2D eigenvalue weighted by molar-refractivity contribution is -0.137. The number of benzene rings is 2. The van der Waals surface area contributed by atoms with Crippen molar-refractivity contribution in [1.29, 1.82) is 0 Å². The molecule has 8 heteroatoms. The molecule has 0 radical (unpaired) electrons. The molecule has 0 aliphatic rings. The third-order valence-corrected chi connectivity index (χ3v) is 5.91. The smallest absolute Gasteiger partial charge is 0.323 e. The van der Waals surface area contributed by atoms with Crippen LogP contribution in [0.15, 0.2) is 53.4 Å². The maximum absolute atomic E-state index is 12.9. The summed E-state index contributed by atoms with van der Waals surface area (Å²) >= 11 is 0. The van der Waals surface area contributed by atoms with Crippen molar-refractivity contribution in [2.24, 2.45) is 0 Å². The third kappa shape index (κ3) is 4.65. The van der Waals surface area contributed by atoms with Crippen LogP contribution in [-0.2, 0) is 14.8 Å². The first kappa shape index (κ1) is 20.4. The quantitative estimate of drug-likeness (QED) is 0.783. The lowest BCUT2D eigenvalue weighted by Gasteiger charge is -2.21. The second-order valence-electron chi connectivity index (χ2n) is 6.05. The Morgan fingerprint density at radius 2 is 1.70 bits per heavy atom. The first-order valence-electron chi connectivity index (χ1n) is 8.33. The Morgan fingerprint density at radius 1 is 1.07 bits per heavy atom. The fourth-order valence-corrected chi connectivity index (χ4v) is 3.76. The SMILES string of the molecule is CCN(CC(=O)O)C(=O)c1cccc(S(=O)(=O)N(C)c2ccc(C)cc2)c1. The number of hydrogen-bond donors (Lipinski definition) is 1. The molecule has 144 valence electrons. The van der Waals surface area contributed by atoms with Gasteiger partial charge in [0.05, 0.1) is 10.6 Å². The molecule has 27 heavy (non-hydrogen) atoms. The van der Waals surface area contributed by atoms with Gasteiger partial charge in [-0.3, -0.25) is 13.9 Å². The maximum Gasteiger partial charge on any atom is 0.323 e. The van der Waals surface area contributed by atoms with Crippen LogP contribution in [0.2, 0.25) is 0 Å². The molecule has 0 heterocycles. The van der Waals surface area contributed by atoms with Crippen molar-refractivity contribution in [2.75, 3.05) is 24.4 Å². The number of carbonyl (C=O) groups excluding carboxylic acids is 1. The van der Waals surface area contributed by atoms with E-state index < -0.39 is 28.4 Å². The minimum atomic E-state index is -3.87. The number of sulfonamides is 1. The van der Waals surface area contributed by atoms with Crippen molar-refractivity contribution >= 4 is 27.6 Å². The van der Waals surface area contributed by atoms with Crippen LogP contribution >= 0.6 is 0 Å². The normalized spacial score (nSPS) is 11.1. The van der Waals surface area contributed by atoms with Crippen molar-refractivity contribution in [1.82, 2.24) is 4.90 Å². The van der Waals surface area contributed by atoms with E-state index in [1.807, 2.05) is 19.1 Å². The molecule has 0 bridgehead atoms. The molecule has 0 aliphatic carbocycles. The Morgan fingerprint density at radius 3 is 2.26 bits per heavy atom. The summed E-state index contributed by atoms with van der Waals surface area (Å²) in [7, 11) is -2.43. The first-order chi connectivity index (χ1) is 12.7. The van der Waals surface area contributed by atoms with Gasteiger partial charge in [-0.1, -0.05) is 23.8 Å². The highest BCUT2D eigenvalue weighted by molar-refractivity contribution is 7.92. The van der Waals surface area contributed by atoms with Gasteiger partial charge in [-0.15, -0.1) is 0 Å². The topological polar surface area (TPSA) is 95.0 Å². The van der Waals surface area contributed by atoms with Gasteiger partial charge in [-0.25, -0.2) is 8.42 Å². The van der Waals surface area contributed by atoms with Crippen molar-refractivity contribution in [2.45, 2.75) is 18.7 Å². The molecule has 0 aromatic heterocycles. The van der Waals surface area contributed by atoms with Gasteiger partial charge in [0.1, 0.15) is 6.54 Å². The van der Waals surface area contributed by atoms with E-state index in [4.69, 9.17) is 5.11 Å². The van der Waals surface area contributed by atoms with Gasteiger partial charge in [0, 0.05) is 19.2 Å². The lowest BCUT2D eigenvalue weighted by Crippen LogP contribution is -2.35. The molecule has 1 N–H and O–H groups in total. The number of nitrogens with zero attached hydrogens (tertiary/aromatic N) is 2. The Balaban J connectivity index is 2.36. The van der Waals surface area contributed by atoms with E-state index in [1.54, 1.807) is 19.1 Å². The van der Waals surface area contributed by atoms with Crippen LogP contribution in [0.3, 0.4) is 0 Å². The second-order valence-corrected chi connectivity index (χ2v) is 8.02.